The number of benzene rings is 1. The van der Waals surface area contributed by atoms with Gasteiger partial charge in [0.05, 0.1) is 5.56 Å². The van der Waals surface area contributed by atoms with Crippen LogP contribution in [0.4, 0.5) is 0 Å². The Morgan fingerprint density at radius 1 is 1.12 bits per heavy atom. The maximum Gasteiger partial charge on any atom is 0.256 e. The molecule has 2 saturated heterocycles. The first kappa shape index (κ1) is 15.7. The quantitative estimate of drug-likeness (QED) is 0.862. The summed E-state index contributed by atoms with van der Waals surface area (Å²) in [6.07, 6.45) is 6.96. The van der Waals surface area contributed by atoms with Crippen molar-refractivity contribution < 1.29 is 4.79 Å². The summed E-state index contributed by atoms with van der Waals surface area (Å²) in [5, 5.41) is 1.09. The lowest BCUT2D eigenvalue weighted by atomic mass is 10.1. The Kier molecular flexibility index (Phi) is 4.31. The van der Waals surface area contributed by atoms with E-state index in [4.69, 9.17) is 0 Å². The Balaban J connectivity index is 1.60. The van der Waals surface area contributed by atoms with E-state index in [0.29, 0.717) is 6.04 Å². The number of aromatic nitrogens is 1. The molecule has 0 aliphatic carbocycles. The zero-order valence-electron chi connectivity index (χ0n) is 14.6. The molecule has 2 aliphatic heterocycles. The molecule has 0 radical (unpaired) electrons. The van der Waals surface area contributed by atoms with E-state index in [2.05, 4.69) is 45.7 Å². The number of carbonyl (C=O) groups excluding carboxylic acids is 1. The highest BCUT2D eigenvalue weighted by Gasteiger charge is 2.32. The van der Waals surface area contributed by atoms with E-state index < -0.39 is 0 Å². The van der Waals surface area contributed by atoms with Crippen molar-refractivity contribution in [3.8, 4) is 0 Å². The van der Waals surface area contributed by atoms with E-state index in [1.807, 2.05) is 6.07 Å². The molecule has 4 heteroatoms. The van der Waals surface area contributed by atoms with Gasteiger partial charge in [0, 0.05) is 42.8 Å². The van der Waals surface area contributed by atoms with Gasteiger partial charge in [0.15, 0.2) is 0 Å². The lowest BCUT2D eigenvalue weighted by molar-refractivity contribution is 0.0710. The lowest BCUT2D eigenvalue weighted by Gasteiger charge is -2.28. The zero-order valence-corrected chi connectivity index (χ0v) is 14.6. The van der Waals surface area contributed by atoms with Gasteiger partial charge in [-0.05, 0) is 51.8 Å². The Morgan fingerprint density at radius 2 is 1.92 bits per heavy atom. The minimum atomic E-state index is 0.222. The Morgan fingerprint density at radius 3 is 2.71 bits per heavy atom. The lowest BCUT2D eigenvalue weighted by Crippen LogP contribution is -2.42. The van der Waals surface area contributed by atoms with Gasteiger partial charge in [-0.25, -0.2) is 0 Å². The van der Waals surface area contributed by atoms with Crippen LogP contribution in [-0.2, 0) is 6.54 Å². The first-order chi connectivity index (χ1) is 11.8. The summed E-state index contributed by atoms with van der Waals surface area (Å²) in [4.78, 5) is 17.9. The van der Waals surface area contributed by atoms with Crippen LogP contribution in [0.5, 0.6) is 0 Å². The molecule has 24 heavy (non-hydrogen) atoms. The fraction of sp³-hybridized carbons (Fsp3) is 0.550. The van der Waals surface area contributed by atoms with Crippen LogP contribution in [0.25, 0.3) is 10.9 Å². The van der Waals surface area contributed by atoms with Crippen LogP contribution in [0.15, 0.2) is 30.5 Å². The maximum atomic E-state index is 13.3. The summed E-state index contributed by atoms with van der Waals surface area (Å²) in [5.41, 5.74) is 2.04. The summed E-state index contributed by atoms with van der Waals surface area (Å²) < 4.78 is 2.19. The van der Waals surface area contributed by atoms with Crippen LogP contribution in [0.1, 0.15) is 43.0 Å². The Labute approximate surface area is 144 Å². The minimum Gasteiger partial charge on any atom is -0.347 e. The summed E-state index contributed by atoms with van der Waals surface area (Å²) in [5.74, 6) is 0.222. The standard InChI is InChI=1S/C20H27N3O/c1-2-22-15-18(17-9-3-4-10-19(17)22)20(24)23-13-7-8-16(23)14-21-11-5-6-12-21/h3-4,9-10,15-16H,2,5-8,11-14H2,1H3. The number of hydrogen-bond donors (Lipinski definition) is 0. The van der Waals surface area contributed by atoms with Gasteiger partial charge in [0.1, 0.15) is 0 Å². The highest BCUT2D eigenvalue weighted by Crippen LogP contribution is 2.27. The number of hydrogen-bond acceptors (Lipinski definition) is 2. The van der Waals surface area contributed by atoms with E-state index >= 15 is 0 Å². The molecule has 1 amide bonds. The van der Waals surface area contributed by atoms with Gasteiger partial charge < -0.3 is 14.4 Å². The van der Waals surface area contributed by atoms with Crippen molar-refractivity contribution in [2.75, 3.05) is 26.2 Å². The van der Waals surface area contributed by atoms with E-state index in [0.717, 1.165) is 43.4 Å². The fourth-order valence-corrected chi connectivity index (χ4v) is 4.39. The molecule has 2 fully saturated rings. The molecule has 1 aromatic carbocycles. The van der Waals surface area contributed by atoms with Crippen LogP contribution in [-0.4, -0.2) is 52.5 Å². The monoisotopic (exact) mass is 325 g/mol. The van der Waals surface area contributed by atoms with Gasteiger partial charge in [-0.1, -0.05) is 18.2 Å². The summed E-state index contributed by atoms with van der Waals surface area (Å²) >= 11 is 0. The van der Waals surface area contributed by atoms with Gasteiger partial charge in [0.25, 0.3) is 5.91 Å². The van der Waals surface area contributed by atoms with Crippen molar-refractivity contribution in [1.29, 1.82) is 0 Å². The Hall–Kier alpha value is -1.81. The van der Waals surface area contributed by atoms with E-state index in [9.17, 15) is 4.79 Å². The molecule has 0 spiro atoms. The van der Waals surface area contributed by atoms with Crippen LogP contribution >= 0.6 is 0 Å². The van der Waals surface area contributed by atoms with E-state index in [1.165, 1.54) is 31.4 Å². The molecule has 4 nitrogen and oxygen atoms in total. The minimum absolute atomic E-state index is 0.222. The van der Waals surface area contributed by atoms with E-state index in [1.54, 1.807) is 0 Å². The average Bonchev–Trinajstić information content (AvgIpc) is 3.34. The number of amides is 1. The third kappa shape index (κ3) is 2.73. The smallest absolute Gasteiger partial charge is 0.256 e. The summed E-state index contributed by atoms with van der Waals surface area (Å²) in [6, 6.07) is 8.67. The molecule has 3 heterocycles. The number of nitrogens with zero attached hydrogens (tertiary/aromatic N) is 3. The second-order valence-electron chi connectivity index (χ2n) is 7.15. The van der Waals surface area contributed by atoms with Crippen molar-refractivity contribution in [3.05, 3.63) is 36.0 Å². The first-order valence-electron chi connectivity index (χ1n) is 9.39. The normalized spacial score (nSPS) is 21.9. The third-order valence-electron chi connectivity index (χ3n) is 5.67. The highest BCUT2D eigenvalue weighted by molar-refractivity contribution is 6.07. The van der Waals surface area contributed by atoms with Crippen molar-refractivity contribution in [1.82, 2.24) is 14.4 Å². The van der Waals surface area contributed by atoms with Crippen LogP contribution in [0, 0.1) is 0 Å². The summed E-state index contributed by atoms with van der Waals surface area (Å²) in [6.45, 7) is 7.39. The SMILES string of the molecule is CCn1cc(C(=O)N2CCCC2CN2CCCC2)c2ccccc21. The van der Waals surface area contributed by atoms with Crippen molar-refractivity contribution >= 4 is 16.8 Å². The molecule has 128 valence electrons. The molecule has 4 rings (SSSR count). The van der Waals surface area contributed by atoms with Crippen molar-refractivity contribution in [3.63, 3.8) is 0 Å². The maximum absolute atomic E-state index is 13.3. The Bertz CT molecular complexity index is 730. The number of aryl methyl sites for hydroxylation is 1. The predicted molar refractivity (Wildman–Crippen MR) is 97.3 cm³/mol. The number of carbonyl (C=O) groups is 1. The molecule has 0 N–H and O–H groups in total. The highest BCUT2D eigenvalue weighted by atomic mass is 16.2. The fourth-order valence-electron chi connectivity index (χ4n) is 4.39. The number of para-hydroxylation sites is 1. The van der Waals surface area contributed by atoms with Gasteiger partial charge >= 0.3 is 0 Å². The molecule has 2 aromatic rings. The molecule has 1 unspecified atom stereocenters. The molecule has 0 saturated carbocycles. The molecular formula is C20H27N3O. The number of fused-ring (bicyclic) bond motifs is 1. The van der Waals surface area contributed by atoms with Crippen molar-refractivity contribution in [2.24, 2.45) is 0 Å². The topological polar surface area (TPSA) is 28.5 Å². The average molecular weight is 325 g/mol. The summed E-state index contributed by atoms with van der Waals surface area (Å²) in [7, 11) is 0. The second-order valence-corrected chi connectivity index (χ2v) is 7.15. The van der Waals surface area contributed by atoms with Crippen LogP contribution in [0.3, 0.4) is 0 Å². The van der Waals surface area contributed by atoms with Gasteiger partial charge in [-0.2, -0.15) is 0 Å². The number of likely N-dealkylation sites (tertiary alicyclic amines) is 2. The van der Waals surface area contributed by atoms with Crippen LogP contribution in [0.2, 0.25) is 0 Å². The van der Waals surface area contributed by atoms with Crippen molar-refractivity contribution in [2.45, 2.75) is 45.2 Å². The molecular weight excluding hydrogens is 298 g/mol. The largest absolute Gasteiger partial charge is 0.347 e. The van der Waals surface area contributed by atoms with Gasteiger partial charge in [-0.15, -0.1) is 0 Å². The molecule has 1 aromatic heterocycles. The van der Waals surface area contributed by atoms with Gasteiger partial charge in [-0.3, -0.25) is 4.79 Å². The first-order valence-corrected chi connectivity index (χ1v) is 9.39. The second kappa shape index (κ2) is 6.60. The van der Waals surface area contributed by atoms with Crippen LogP contribution < -0.4 is 0 Å². The predicted octanol–water partition coefficient (Wildman–Crippen LogP) is 3.36. The molecule has 1 atom stereocenters. The zero-order chi connectivity index (χ0) is 16.5. The molecule has 2 aliphatic rings. The van der Waals surface area contributed by atoms with Gasteiger partial charge in [0.2, 0.25) is 0 Å². The third-order valence-corrected chi connectivity index (χ3v) is 5.67. The molecule has 0 bridgehead atoms. The number of rotatable bonds is 4. The van der Waals surface area contributed by atoms with E-state index in [-0.39, 0.29) is 5.91 Å².